The van der Waals surface area contributed by atoms with Crippen LogP contribution in [-0.4, -0.2) is 24.5 Å². The van der Waals surface area contributed by atoms with Gasteiger partial charge >= 0.3 is 0 Å². The summed E-state index contributed by atoms with van der Waals surface area (Å²) >= 11 is 0. The fraction of sp³-hybridized carbons (Fsp3) is 0.500. The molecule has 2 aliphatic rings. The molecule has 38 heavy (non-hydrogen) atoms. The van der Waals surface area contributed by atoms with Crippen molar-refractivity contribution in [3.8, 4) is 5.75 Å². The number of fused-ring (bicyclic) bond motifs is 2. The minimum Gasteiger partial charge on any atom is -0.496 e. The number of methoxy groups -OCH3 is 1. The van der Waals surface area contributed by atoms with Gasteiger partial charge in [-0.05, 0) is 84.6 Å². The van der Waals surface area contributed by atoms with Crippen LogP contribution in [0.1, 0.15) is 112 Å². The number of hydrogen-bond acceptors (Lipinski definition) is 4. The first-order valence-electron chi connectivity index (χ1n) is 13.9. The van der Waals surface area contributed by atoms with Crippen LogP contribution in [0.4, 0.5) is 0 Å². The van der Waals surface area contributed by atoms with Crippen LogP contribution in [0.2, 0.25) is 0 Å². The second-order valence-corrected chi connectivity index (χ2v) is 12.8. The lowest BCUT2D eigenvalue weighted by Crippen LogP contribution is -2.24. The lowest BCUT2D eigenvalue weighted by atomic mass is 9.69. The number of benzene rings is 2. The van der Waals surface area contributed by atoms with Crippen LogP contribution in [0.3, 0.4) is 0 Å². The van der Waals surface area contributed by atoms with Crippen molar-refractivity contribution in [1.29, 1.82) is 0 Å². The van der Waals surface area contributed by atoms with Crippen LogP contribution in [0.15, 0.2) is 48.0 Å². The topological polar surface area (TPSA) is 60.4 Å². The Kier molecular flexibility index (Phi) is 7.84. The number of ether oxygens (including phenoxy) is 1. The van der Waals surface area contributed by atoms with Crippen molar-refractivity contribution < 1.29 is 19.1 Å². The van der Waals surface area contributed by atoms with E-state index in [-0.39, 0.29) is 34.6 Å². The van der Waals surface area contributed by atoms with Gasteiger partial charge in [-0.25, -0.2) is 0 Å². The molecule has 0 saturated heterocycles. The summed E-state index contributed by atoms with van der Waals surface area (Å²) < 4.78 is 5.77. The highest BCUT2D eigenvalue weighted by atomic mass is 16.5. The zero-order valence-corrected chi connectivity index (χ0v) is 24.1. The van der Waals surface area contributed by atoms with Gasteiger partial charge in [0.2, 0.25) is 0 Å². The monoisotopic (exact) mass is 514 g/mol. The summed E-state index contributed by atoms with van der Waals surface area (Å²) in [6, 6.07) is 13.0. The van der Waals surface area contributed by atoms with Gasteiger partial charge in [0.25, 0.3) is 0 Å². The second-order valence-electron chi connectivity index (χ2n) is 12.8. The van der Waals surface area contributed by atoms with Crippen LogP contribution in [0.25, 0.3) is 5.57 Å². The van der Waals surface area contributed by atoms with Gasteiger partial charge in [-0.2, -0.15) is 0 Å². The predicted octanol–water partition coefficient (Wildman–Crippen LogP) is 8.03. The molecular weight excluding hydrogens is 472 g/mol. The molecule has 0 spiro atoms. The van der Waals surface area contributed by atoms with Crippen molar-refractivity contribution in [2.24, 2.45) is 17.3 Å². The fourth-order valence-electron chi connectivity index (χ4n) is 6.62. The molecule has 2 aliphatic carbocycles. The van der Waals surface area contributed by atoms with E-state index in [1.54, 1.807) is 20.1 Å². The largest absolute Gasteiger partial charge is 0.496 e. The van der Waals surface area contributed by atoms with Crippen LogP contribution < -0.4 is 4.74 Å². The highest BCUT2D eigenvalue weighted by Gasteiger charge is 2.50. The molecule has 2 fully saturated rings. The van der Waals surface area contributed by atoms with Gasteiger partial charge in [0, 0.05) is 23.1 Å². The Morgan fingerprint density at radius 3 is 2.11 bits per heavy atom. The van der Waals surface area contributed by atoms with E-state index in [0.29, 0.717) is 41.6 Å². The normalized spacial score (nSPS) is 21.3. The summed E-state index contributed by atoms with van der Waals surface area (Å²) in [6.45, 7) is 12.7. The molecule has 0 amide bonds. The summed E-state index contributed by atoms with van der Waals surface area (Å²) in [4.78, 5) is 38.4. The first-order valence-corrected chi connectivity index (χ1v) is 13.9. The summed E-state index contributed by atoms with van der Waals surface area (Å²) in [5.74, 6) is 1.62. The van der Waals surface area contributed by atoms with E-state index >= 15 is 0 Å². The van der Waals surface area contributed by atoms with E-state index in [9.17, 15) is 14.4 Å². The Morgan fingerprint density at radius 1 is 0.921 bits per heavy atom. The lowest BCUT2D eigenvalue weighted by Gasteiger charge is -2.35. The van der Waals surface area contributed by atoms with Gasteiger partial charge in [-0.15, -0.1) is 0 Å². The lowest BCUT2D eigenvalue weighted by molar-refractivity contribution is -0.116. The standard InChI is InChI=1S/C34H42O4/c1-21(35)8-16-27(32-24-11-15-26(18-24)34(32,5)6)28-19-23(12-17-31(28)38-7)30(37)20-29(36)22-9-13-25(14-10-22)33(2,3)4/h9-10,12-14,17,19,24,26H,8,11,15-16,18,20H2,1-7H3. The molecule has 2 unspecified atom stereocenters. The molecule has 2 saturated carbocycles. The quantitative estimate of drug-likeness (QED) is 0.251. The first-order chi connectivity index (χ1) is 17.8. The zero-order valence-electron chi connectivity index (χ0n) is 24.1. The van der Waals surface area contributed by atoms with Crippen LogP contribution >= 0.6 is 0 Å². The molecule has 202 valence electrons. The molecule has 4 heteroatoms. The average molecular weight is 515 g/mol. The van der Waals surface area contributed by atoms with Gasteiger partial charge in [0.1, 0.15) is 11.5 Å². The number of carbonyl (C=O) groups is 3. The highest BCUT2D eigenvalue weighted by Crippen LogP contribution is 2.61. The van der Waals surface area contributed by atoms with Gasteiger partial charge in [-0.1, -0.05) is 64.5 Å². The summed E-state index contributed by atoms with van der Waals surface area (Å²) in [7, 11) is 1.64. The first kappa shape index (κ1) is 28.0. The Bertz CT molecular complexity index is 1270. The smallest absolute Gasteiger partial charge is 0.170 e. The van der Waals surface area contributed by atoms with Gasteiger partial charge < -0.3 is 9.53 Å². The molecule has 2 bridgehead atoms. The number of Topliss-reactive ketones (excluding diaryl/α,β-unsaturated/α-hetero) is 3. The summed E-state index contributed by atoms with van der Waals surface area (Å²) in [5, 5.41) is 0. The molecule has 2 aromatic carbocycles. The van der Waals surface area contributed by atoms with E-state index < -0.39 is 0 Å². The minimum absolute atomic E-state index is 0.00111. The van der Waals surface area contributed by atoms with Crippen LogP contribution in [0, 0.1) is 17.3 Å². The maximum Gasteiger partial charge on any atom is 0.170 e. The molecule has 2 aromatic rings. The molecule has 4 rings (SSSR count). The third-order valence-electron chi connectivity index (χ3n) is 8.85. The third-order valence-corrected chi connectivity index (χ3v) is 8.85. The van der Waals surface area contributed by atoms with Gasteiger partial charge in [-0.3, -0.25) is 9.59 Å². The van der Waals surface area contributed by atoms with Crippen LogP contribution in [-0.2, 0) is 10.2 Å². The Hall–Kier alpha value is -3.01. The number of carbonyl (C=O) groups excluding carboxylic acids is 3. The van der Waals surface area contributed by atoms with E-state index in [4.69, 9.17) is 4.74 Å². The minimum atomic E-state index is -0.207. The summed E-state index contributed by atoms with van der Waals surface area (Å²) in [6.07, 6.45) is 4.51. The van der Waals surface area contributed by atoms with Crippen molar-refractivity contribution in [3.63, 3.8) is 0 Å². The number of hydrogen-bond donors (Lipinski definition) is 0. The van der Waals surface area contributed by atoms with Gasteiger partial charge in [0.05, 0.1) is 13.5 Å². The van der Waals surface area contributed by atoms with Crippen molar-refractivity contribution in [2.75, 3.05) is 7.11 Å². The maximum atomic E-state index is 13.3. The molecule has 0 N–H and O–H groups in total. The highest BCUT2D eigenvalue weighted by molar-refractivity contribution is 6.13. The number of ketones is 3. The van der Waals surface area contributed by atoms with E-state index in [0.717, 1.165) is 16.7 Å². The second kappa shape index (κ2) is 10.6. The Balaban J connectivity index is 1.67. The molecule has 4 nitrogen and oxygen atoms in total. The van der Waals surface area contributed by atoms with Crippen molar-refractivity contribution in [2.45, 2.75) is 85.5 Å². The van der Waals surface area contributed by atoms with E-state index in [1.165, 1.54) is 24.8 Å². The predicted molar refractivity (Wildman–Crippen MR) is 153 cm³/mol. The molecule has 0 aliphatic heterocycles. The van der Waals surface area contributed by atoms with Crippen molar-refractivity contribution in [3.05, 3.63) is 70.3 Å². The molecule has 0 aromatic heterocycles. The molecular formula is C34H42O4. The SMILES string of the molecule is COc1ccc(C(=O)CC(=O)c2ccc(C(C)(C)C)cc2)cc1C(CCC(C)=O)=C1C2CCC(C2)C1(C)C. The van der Waals surface area contributed by atoms with Crippen LogP contribution in [0.5, 0.6) is 5.75 Å². The zero-order chi connectivity index (χ0) is 27.8. The Morgan fingerprint density at radius 2 is 1.55 bits per heavy atom. The average Bonchev–Trinajstić information content (AvgIpc) is 3.44. The number of allylic oxidation sites excluding steroid dienone is 2. The molecule has 2 atom stereocenters. The third kappa shape index (κ3) is 5.55. The Labute approximate surface area is 227 Å². The van der Waals surface area contributed by atoms with Crippen molar-refractivity contribution >= 4 is 22.9 Å². The fourth-order valence-corrected chi connectivity index (χ4v) is 6.62. The van der Waals surface area contributed by atoms with E-state index in [2.05, 4.69) is 34.6 Å². The van der Waals surface area contributed by atoms with Gasteiger partial charge in [0.15, 0.2) is 11.6 Å². The molecule has 0 radical (unpaired) electrons. The summed E-state index contributed by atoms with van der Waals surface area (Å²) in [5.41, 5.74) is 5.71. The van der Waals surface area contributed by atoms with Crippen molar-refractivity contribution in [1.82, 2.24) is 0 Å². The molecule has 0 heterocycles. The van der Waals surface area contributed by atoms with E-state index in [1.807, 2.05) is 36.4 Å². The maximum absolute atomic E-state index is 13.3. The number of rotatable bonds is 9.